The van der Waals surface area contributed by atoms with Crippen molar-refractivity contribution in [2.75, 3.05) is 6.54 Å². The van der Waals surface area contributed by atoms with E-state index in [4.69, 9.17) is 15.1 Å². The maximum atomic E-state index is 12.5. The first-order chi connectivity index (χ1) is 11.5. The Morgan fingerprint density at radius 1 is 1.40 bits per heavy atom. The molecule has 2 bridgehead atoms. The Morgan fingerprint density at radius 3 is 2.60 bits per heavy atom. The normalized spacial score (nSPS) is 34.0. The highest BCUT2D eigenvalue weighted by Crippen LogP contribution is 2.42. The molecule has 25 heavy (non-hydrogen) atoms. The van der Waals surface area contributed by atoms with Gasteiger partial charge >= 0.3 is 16.4 Å². The van der Waals surface area contributed by atoms with Crippen LogP contribution < -0.4 is 11.2 Å². The first-order valence-electron chi connectivity index (χ1n) is 7.97. The van der Waals surface area contributed by atoms with Crippen molar-refractivity contribution >= 4 is 22.3 Å². The molecule has 0 spiro atoms. The lowest BCUT2D eigenvalue weighted by atomic mass is 9.76. The zero-order chi connectivity index (χ0) is 18.6. The van der Waals surface area contributed by atoms with Crippen LogP contribution in [0.2, 0.25) is 0 Å². The van der Waals surface area contributed by atoms with Gasteiger partial charge in [-0.3, -0.25) is 14.2 Å². The van der Waals surface area contributed by atoms with E-state index in [1.807, 2.05) is 0 Å². The molecule has 3 rings (SSSR count). The van der Waals surface area contributed by atoms with Crippen LogP contribution in [0.1, 0.15) is 33.1 Å². The summed E-state index contributed by atoms with van der Waals surface area (Å²) < 4.78 is 35.3. The minimum atomic E-state index is -4.85. The summed E-state index contributed by atoms with van der Waals surface area (Å²) in [5, 5.41) is 0.616. The largest absolute Gasteiger partial charge is 0.418 e. The summed E-state index contributed by atoms with van der Waals surface area (Å²) in [7, 11) is -4.85. The molecular weight excluding hydrogens is 356 g/mol. The van der Waals surface area contributed by atoms with Gasteiger partial charge in [0.1, 0.15) is 12.1 Å². The van der Waals surface area contributed by atoms with Crippen molar-refractivity contribution in [3.05, 3.63) is 0 Å². The van der Waals surface area contributed by atoms with Crippen LogP contribution in [0.4, 0.5) is 4.79 Å². The third kappa shape index (κ3) is 3.44. The number of rotatable bonds is 5. The Hall–Kier alpha value is -1.47. The minimum absolute atomic E-state index is 0.0996. The summed E-state index contributed by atoms with van der Waals surface area (Å²) in [5.41, 5.74) is 7.47. The smallest absolute Gasteiger partial charge is 0.325 e. The highest BCUT2D eigenvalue weighted by atomic mass is 32.3. The molecule has 0 radical (unpaired) electrons. The molecule has 11 nitrogen and oxygen atoms in total. The molecule has 3 fully saturated rings. The van der Waals surface area contributed by atoms with Crippen LogP contribution in [0.25, 0.3) is 0 Å². The molecule has 0 aromatic rings. The zero-order valence-electron chi connectivity index (χ0n) is 13.9. The number of fused-ring (bicyclic) bond motifs is 2. The third-order valence-electron chi connectivity index (χ3n) is 5.13. The molecule has 2 unspecified atom stereocenters. The average molecular weight is 378 g/mol. The predicted octanol–water partition coefficient (Wildman–Crippen LogP) is -0.837. The van der Waals surface area contributed by atoms with E-state index in [1.54, 1.807) is 13.8 Å². The zero-order valence-corrected chi connectivity index (χ0v) is 14.7. The van der Waals surface area contributed by atoms with Gasteiger partial charge < -0.3 is 10.6 Å². The van der Waals surface area contributed by atoms with Gasteiger partial charge in [0.05, 0.1) is 6.04 Å². The lowest BCUT2D eigenvalue weighted by Gasteiger charge is -2.41. The van der Waals surface area contributed by atoms with Gasteiger partial charge in [0, 0.05) is 12.6 Å². The second kappa shape index (κ2) is 6.06. The van der Waals surface area contributed by atoms with E-state index in [0.29, 0.717) is 5.06 Å². The van der Waals surface area contributed by atoms with Gasteiger partial charge in [0.2, 0.25) is 0 Å². The Kier molecular flexibility index (Phi) is 4.44. The number of carbonyl (C=O) groups is 2. The number of nitrogens with two attached hydrogens (primary N) is 1. The molecule has 2 aliphatic heterocycles. The topological polar surface area (TPSA) is 151 Å². The van der Waals surface area contributed by atoms with Gasteiger partial charge in [-0.1, -0.05) is 13.8 Å². The van der Waals surface area contributed by atoms with Crippen molar-refractivity contribution in [1.82, 2.24) is 15.4 Å². The second-order valence-electron chi connectivity index (χ2n) is 7.35. The fourth-order valence-corrected chi connectivity index (χ4v) is 3.80. The van der Waals surface area contributed by atoms with E-state index in [0.717, 1.165) is 12.8 Å². The SMILES string of the molecule is CC1(C)C[C@@H](C(=O)NOC2CCC2N)N2C[C@@H]1N(OS(=O)(=O)O)C2=O. The maximum Gasteiger partial charge on any atom is 0.418 e. The number of hydrogen-bond acceptors (Lipinski definition) is 7. The Morgan fingerprint density at radius 2 is 2.08 bits per heavy atom. The summed E-state index contributed by atoms with van der Waals surface area (Å²) >= 11 is 0. The Balaban J connectivity index is 1.72. The molecule has 12 heteroatoms. The molecule has 1 aliphatic carbocycles. The first kappa shape index (κ1) is 18.3. The monoisotopic (exact) mass is 378 g/mol. The van der Waals surface area contributed by atoms with Gasteiger partial charge in [0.25, 0.3) is 5.91 Å². The highest BCUT2D eigenvalue weighted by Gasteiger charge is 2.57. The van der Waals surface area contributed by atoms with Crippen LogP contribution in [-0.2, 0) is 24.3 Å². The number of nitrogens with one attached hydrogen (secondary N) is 1. The van der Waals surface area contributed by atoms with Crippen LogP contribution in [0.3, 0.4) is 0 Å². The van der Waals surface area contributed by atoms with Crippen molar-refractivity contribution in [3.63, 3.8) is 0 Å². The average Bonchev–Trinajstić information content (AvgIpc) is 2.76. The summed E-state index contributed by atoms with van der Waals surface area (Å²) in [5.74, 6) is -0.507. The van der Waals surface area contributed by atoms with Crippen LogP contribution in [0, 0.1) is 5.41 Å². The molecule has 2 saturated heterocycles. The van der Waals surface area contributed by atoms with E-state index >= 15 is 0 Å². The fraction of sp³-hybridized carbons (Fsp3) is 0.846. The van der Waals surface area contributed by atoms with Crippen LogP contribution in [0.5, 0.6) is 0 Å². The lowest BCUT2D eigenvalue weighted by molar-refractivity contribution is -0.151. The summed E-state index contributed by atoms with van der Waals surface area (Å²) in [6.45, 7) is 3.68. The Labute approximate surface area is 145 Å². The highest BCUT2D eigenvalue weighted by molar-refractivity contribution is 7.80. The summed E-state index contributed by atoms with van der Waals surface area (Å²) in [6, 6.07) is -2.38. The quantitative estimate of drug-likeness (QED) is 0.414. The van der Waals surface area contributed by atoms with Crippen LogP contribution in [0.15, 0.2) is 0 Å². The summed E-state index contributed by atoms with van der Waals surface area (Å²) in [4.78, 5) is 31.4. The third-order valence-corrected chi connectivity index (χ3v) is 5.48. The van der Waals surface area contributed by atoms with Gasteiger partial charge in [-0.25, -0.2) is 10.3 Å². The number of amides is 3. The number of urea groups is 1. The number of nitrogens with zero attached hydrogens (tertiary/aromatic N) is 2. The molecule has 3 amide bonds. The fourth-order valence-electron chi connectivity index (χ4n) is 3.43. The standard InChI is InChI=1S/C13H22N4O7S/c1-13(2)5-8(11(18)15-23-9-4-3-7(9)14)16-6-10(13)17(12(16)19)24-25(20,21)22/h7-10H,3-6,14H2,1-2H3,(H,15,18)(H,20,21,22)/t7?,8-,9?,10-/m0/s1. The van der Waals surface area contributed by atoms with Crippen molar-refractivity contribution in [1.29, 1.82) is 0 Å². The molecule has 0 aromatic carbocycles. The van der Waals surface area contributed by atoms with E-state index in [1.165, 1.54) is 4.90 Å². The molecule has 4 atom stereocenters. The number of hydroxylamine groups is 3. The number of carbonyl (C=O) groups excluding carboxylic acids is 2. The van der Waals surface area contributed by atoms with E-state index in [9.17, 15) is 18.0 Å². The first-order valence-corrected chi connectivity index (χ1v) is 9.34. The van der Waals surface area contributed by atoms with E-state index in [2.05, 4.69) is 9.76 Å². The summed E-state index contributed by atoms with van der Waals surface area (Å²) in [6.07, 6.45) is 1.60. The molecular formula is C13H22N4O7S. The van der Waals surface area contributed by atoms with Crippen molar-refractivity contribution in [3.8, 4) is 0 Å². The van der Waals surface area contributed by atoms with Crippen molar-refractivity contribution in [2.45, 2.75) is 57.3 Å². The molecule has 2 heterocycles. The maximum absolute atomic E-state index is 12.5. The minimum Gasteiger partial charge on any atom is -0.325 e. The second-order valence-corrected chi connectivity index (χ2v) is 8.36. The van der Waals surface area contributed by atoms with Gasteiger partial charge in [-0.2, -0.15) is 13.5 Å². The van der Waals surface area contributed by atoms with E-state index < -0.39 is 39.8 Å². The van der Waals surface area contributed by atoms with Gasteiger partial charge in [-0.15, -0.1) is 4.28 Å². The molecule has 0 aromatic heterocycles. The molecule has 3 aliphatic rings. The predicted molar refractivity (Wildman–Crippen MR) is 82.8 cm³/mol. The van der Waals surface area contributed by atoms with Crippen LogP contribution in [-0.4, -0.2) is 65.6 Å². The van der Waals surface area contributed by atoms with Crippen molar-refractivity contribution in [2.24, 2.45) is 11.1 Å². The van der Waals surface area contributed by atoms with E-state index in [-0.39, 0.29) is 25.1 Å². The molecule has 142 valence electrons. The number of piperidine rings is 1. The lowest BCUT2D eigenvalue weighted by Crippen LogP contribution is -2.56. The van der Waals surface area contributed by atoms with Gasteiger partial charge in [-0.05, 0) is 24.7 Å². The van der Waals surface area contributed by atoms with Crippen LogP contribution >= 0.6 is 0 Å². The molecule has 1 saturated carbocycles. The van der Waals surface area contributed by atoms with Crippen molar-refractivity contribution < 1.29 is 31.7 Å². The molecule has 4 N–H and O–H groups in total. The van der Waals surface area contributed by atoms with Gasteiger partial charge in [0.15, 0.2) is 0 Å². The Bertz CT molecular complexity index is 682. The number of hydrogen-bond donors (Lipinski definition) is 3.